The predicted octanol–water partition coefficient (Wildman–Crippen LogP) is 5.65. The summed E-state index contributed by atoms with van der Waals surface area (Å²) in [5.41, 5.74) is 2.10. The first-order chi connectivity index (χ1) is 12.8. The zero-order valence-corrected chi connectivity index (χ0v) is 17.7. The second-order valence-corrected chi connectivity index (χ2v) is 8.09. The molecule has 0 bridgehead atoms. The Hall–Kier alpha value is -1.84. The summed E-state index contributed by atoms with van der Waals surface area (Å²) in [4.78, 5) is 24.1. The van der Waals surface area contributed by atoms with Crippen LogP contribution < -0.4 is 0 Å². The summed E-state index contributed by atoms with van der Waals surface area (Å²) in [6.07, 6.45) is 9.24. The molecule has 0 atom stereocenters. The van der Waals surface area contributed by atoms with Crippen LogP contribution in [-0.2, 0) is 27.1 Å². The van der Waals surface area contributed by atoms with Gasteiger partial charge in [0.1, 0.15) is 5.60 Å². The van der Waals surface area contributed by atoms with Crippen molar-refractivity contribution >= 4 is 11.9 Å². The van der Waals surface area contributed by atoms with Crippen molar-refractivity contribution < 1.29 is 19.1 Å². The molecule has 1 aromatic carbocycles. The van der Waals surface area contributed by atoms with Gasteiger partial charge in [0.05, 0.1) is 12.7 Å². The number of hydrogen-bond acceptors (Lipinski definition) is 4. The standard InChI is InChI=1S/C23H36O4/c1-6-7-8-9-10-11-12-18-13-15-20(22(25)26-5)19(17-18)14-16-21(24)27-23(2,3)4/h13,15,17H,6-12,14,16H2,1-5H3. The maximum atomic E-state index is 12.0. The zero-order valence-electron chi connectivity index (χ0n) is 17.7. The molecule has 0 unspecified atom stereocenters. The van der Waals surface area contributed by atoms with Crippen LogP contribution in [0, 0.1) is 0 Å². The topological polar surface area (TPSA) is 52.6 Å². The van der Waals surface area contributed by atoms with Gasteiger partial charge in [-0.15, -0.1) is 0 Å². The Morgan fingerprint density at radius 3 is 2.26 bits per heavy atom. The molecule has 0 saturated carbocycles. The first-order valence-electron chi connectivity index (χ1n) is 10.2. The number of rotatable bonds is 11. The van der Waals surface area contributed by atoms with Crippen LogP contribution in [0.5, 0.6) is 0 Å². The van der Waals surface area contributed by atoms with E-state index in [4.69, 9.17) is 9.47 Å². The molecule has 4 nitrogen and oxygen atoms in total. The van der Waals surface area contributed by atoms with E-state index in [0.29, 0.717) is 12.0 Å². The van der Waals surface area contributed by atoms with Gasteiger partial charge >= 0.3 is 11.9 Å². The molecular formula is C23H36O4. The van der Waals surface area contributed by atoms with Crippen LogP contribution in [0.15, 0.2) is 18.2 Å². The van der Waals surface area contributed by atoms with Crippen molar-refractivity contribution in [2.24, 2.45) is 0 Å². The molecule has 1 aromatic rings. The summed E-state index contributed by atoms with van der Waals surface area (Å²) in [7, 11) is 1.38. The summed E-state index contributed by atoms with van der Waals surface area (Å²) in [5, 5.41) is 0. The minimum atomic E-state index is -0.498. The SMILES string of the molecule is CCCCCCCCc1ccc(C(=O)OC)c(CCC(=O)OC(C)(C)C)c1. The third-order valence-electron chi connectivity index (χ3n) is 4.41. The van der Waals surface area contributed by atoms with Gasteiger partial charge in [0.15, 0.2) is 0 Å². The first kappa shape index (κ1) is 23.2. The maximum absolute atomic E-state index is 12.0. The van der Waals surface area contributed by atoms with E-state index in [0.717, 1.165) is 18.4 Å². The number of carbonyl (C=O) groups is 2. The number of aryl methyl sites for hydroxylation is 2. The lowest BCUT2D eigenvalue weighted by Crippen LogP contribution is -2.24. The van der Waals surface area contributed by atoms with Crippen molar-refractivity contribution in [3.63, 3.8) is 0 Å². The fraction of sp³-hybridized carbons (Fsp3) is 0.652. The monoisotopic (exact) mass is 376 g/mol. The lowest BCUT2D eigenvalue weighted by molar-refractivity contribution is -0.154. The second-order valence-electron chi connectivity index (χ2n) is 8.09. The van der Waals surface area contributed by atoms with Crippen LogP contribution in [0.4, 0.5) is 0 Å². The van der Waals surface area contributed by atoms with E-state index in [1.165, 1.54) is 44.8 Å². The summed E-state index contributed by atoms with van der Waals surface area (Å²) < 4.78 is 10.3. The van der Waals surface area contributed by atoms with Gasteiger partial charge in [0.2, 0.25) is 0 Å². The highest BCUT2D eigenvalue weighted by molar-refractivity contribution is 5.91. The number of esters is 2. The molecular weight excluding hydrogens is 340 g/mol. The minimum Gasteiger partial charge on any atom is -0.465 e. The van der Waals surface area contributed by atoms with Gasteiger partial charge in [0.25, 0.3) is 0 Å². The molecule has 152 valence electrons. The predicted molar refractivity (Wildman–Crippen MR) is 109 cm³/mol. The van der Waals surface area contributed by atoms with Gasteiger partial charge in [-0.25, -0.2) is 4.79 Å². The average Bonchev–Trinajstić information content (AvgIpc) is 2.61. The molecule has 0 fully saturated rings. The third-order valence-corrected chi connectivity index (χ3v) is 4.41. The van der Waals surface area contributed by atoms with Crippen LogP contribution in [0.3, 0.4) is 0 Å². The number of hydrogen-bond donors (Lipinski definition) is 0. The maximum Gasteiger partial charge on any atom is 0.338 e. The largest absolute Gasteiger partial charge is 0.465 e. The van der Waals surface area contributed by atoms with Crippen molar-refractivity contribution in [3.8, 4) is 0 Å². The van der Waals surface area contributed by atoms with Crippen LogP contribution in [0.2, 0.25) is 0 Å². The molecule has 0 radical (unpaired) electrons. The van der Waals surface area contributed by atoms with E-state index in [1.807, 2.05) is 39.0 Å². The van der Waals surface area contributed by atoms with Crippen molar-refractivity contribution in [2.75, 3.05) is 7.11 Å². The summed E-state index contributed by atoms with van der Waals surface area (Å²) >= 11 is 0. The minimum absolute atomic E-state index is 0.250. The Balaban J connectivity index is 2.70. The van der Waals surface area contributed by atoms with E-state index >= 15 is 0 Å². The highest BCUT2D eigenvalue weighted by atomic mass is 16.6. The highest BCUT2D eigenvalue weighted by Gasteiger charge is 2.18. The van der Waals surface area contributed by atoms with Crippen LogP contribution in [-0.4, -0.2) is 24.6 Å². The van der Waals surface area contributed by atoms with Crippen molar-refractivity contribution in [1.29, 1.82) is 0 Å². The van der Waals surface area contributed by atoms with E-state index in [2.05, 4.69) is 6.92 Å². The van der Waals surface area contributed by atoms with Crippen LogP contribution in [0.25, 0.3) is 0 Å². The second kappa shape index (κ2) is 11.8. The molecule has 0 aliphatic rings. The van der Waals surface area contributed by atoms with Crippen molar-refractivity contribution in [3.05, 3.63) is 34.9 Å². The molecule has 0 N–H and O–H groups in total. The summed E-state index contributed by atoms with van der Waals surface area (Å²) in [6.45, 7) is 7.78. The Kier molecular flexibility index (Phi) is 10.1. The fourth-order valence-corrected chi connectivity index (χ4v) is 3.06. The molecule has 0 aliphatic heterocycles. The molecule has 0 saturated heterocycles. The molecule has 0 aromatic heterocycles. The number of carbonyl (C=O) groups excluding carboxylic acids is 2. The quantitative estimate of drug-likeness (QED) is 0.370. The van der Waals surface area contributed by atoms with Gasteiger partial charge in [-0.1, -0.05) is 51.2 Å². The van der Waals surface area contributed by atoms with Crippen molar-refractivity contribution in [2.45, 2.75) is 91.1 Å². The van der Waals surface area contributed by atoms with Crippen LogP contribution >= 0.6 is 0 Å². The number of ether oxygens (including phenoxy) is 2. The Morgan fingerprint density at radius 2 is 1.63 bits per heavy atom. The van der Waals surface area contributed by atoms with Gasteiger partial charge < -0.3 is 9.47 Å². The van der Waals surface area contributed by atoms with Gasteiger partial charge in [-0.2, -0.15) is 0 Å². The van der Waals surface area contributed by atoms with Gasteiger partial charge in [0, 0.05) is 6.42 Å². The third kappa shape index (κ3) is 9.60. The molecule has 0 amide bonds. The van der Waals surface area contributed by atoms with Crippen LogP contribution in [0.1, 0.15) is 94.1 Å². The normalized spacial score (nSPS) is 11.3. The fourth-order valence-electron chi connectivity index (χ4n) is 3.06. The smallest absolute Gasteiger partial charge is 0.338 e. The lowest BCUT2D eigenvalue weighted by atomic mass is 9.97. The average molecular weight is 377 g/mol. The van der Waals surface area contributed by atoms with Gasteiger partial charge in [-0.05, 0) is 57.2 Å². The van der Waals surface area contributed by atoms with E-state index in [-0.39, 0.29) is 18.4 Å². The number of unbranched alkanes of at least 4 members (excludes halogenated alkanes) is 5. The first-order valence-corrected chi connectivity index (χ1v) is 10.2. The molecule has 0 aliphatic carbocycles. The van der Waals surface area contributed by atoms with E-state index in [1.54, 1.807) is 0 Å². The molecule has 0 heterocycles. The number of benzene rings is 1. The zero-order chi connectivity index (χ0) is 20.3. The molecule has 1 rings (SSSR count). The Morgan fingerprint density at radius 1 is 0.963 bits per heavy atom. The Bertz CT molecular complexity index is 599. The van der Waals surface area contributed by atoms with E-state index in [9.17, 15) is 9.59 Å². The molecule has 27 heavy (non-hydrogen) atoms. The van der Waals surface area contributed by atoms with Crippen molar-refractivity contribution in [1.82, 2.24) is 0 Å². The summed E-state index contributed by atoms with van der Waals surface area (Å²) in [5.74, 6) is -0.611. The molecule has 0 spiro atoms. The molecule has 4 heteroatoms. The lowest BCUT2D eigenvalue weighted by Gasteiger charge is -2.19. The number of methoxy groups -OCH3 is 1. The summed E-state index contributed by atoms with van der Waals surface area (Å²) in [6, 6.07) is 5.86. The van der Waals surface area contributed by atoms with Gasteiger partial charge in [-0.3, -0.25) is 4.79 Å². The van der Waals surface area contributed by atoms with E-state index < -0.39 is 5.60 Å². The highest BCUT2D eigenvalue weighted by Crippen LogP contribution is 2.19. The Labute approximate surface area is 164 Å².